The van der Waals surface area contributed by atoms with E-state index in [-0.39, 0.29) is 5.82 Å². The predicted molar refractivity (Wildman–Crippen MR) is 94.6 cm³/mol. The van der Waals surface area contributed by atoms with E-state index in [4.69, 9.17) is 5.73 Å². The summed E-state index contributed by atoms with van der Waals surface area (Å²) in [6.07, 6.45) is 0. The maximum absolute atomic E-state index is 9.40. The number of nitrogens with two attached hydrogens (primary N) is 1. The van der Waals surface area contributed by atoms with Crippen molar-refractivity contribution in [3.63, 3.8) is 0 Å². The molecule has 3 nitrogen and oxygen atoms in total. The maximum atomic E-state index is 9.40. The molecule has 0 radical (unpaired) electrons. The van der Waals surface area contributed by atoms with Crippen LogP contribution < -0.4 is 5.73 Å². The minimum absolute atomic E-state index is 0.265. The first-order chi connectivity index (χ1) is 10.6. The molecule has 0 aliphatic rings. The number of pyridine rings is 1. The SMILES string of the molecule is Cc1cccc(-c2cc(-c3ccc(Br)s3)c(C#N)c(N)n2)c1. The van der Waals surface area contributed by atoms with Gasteiger partial charge in [-0.2, -0.15) is 5.26 Å². The summed E-state index contributed by atoms with van der Waals surface area (Å²) in [4.78, 5) is 5.39. The third-order valence-corrected chi connectivity index (χ3v) is 4.97. The largest absolute Gasteiger partial charge is 0.383 e. The van der Waals surface area contributed by atoms with E-state index in [1.807, 2.05) is 43.3 Å². The number of thiophene rings is 1. The van der Waals surface area contributed by atoms with Crippen LogP contribution in [0.2, 0.25) is 0 Å². The summed E-state index contributed by atoms with van der Waals surface area (Å²) >= 11 is 5.02. The molecular formula is C17H12BrN3S. The number of hydrogen-bond acceptors (Lipinski definition) is 4. The molecular weight excluding hydrogens is 358 g/mol. The zero-order valence-corrected chi connectivity index (χ0v) is 14.2. The average Bonchev–Trinajstić information content (AvgIpc) is 2.93. The number of nitrogen functional groups attached to an aromatic ring is 1. The number of aryl methyl sites for hydroxylation is 1. The van der Waals surface area contributed by atoms with Crippen LogP contribution in [0.25, 0.3) is 21.7 Å². The number of nitriles is 1. The molecule has 0 aliphatic carbocycles. The fourth-order valence-corrected chi connectivity index (χ4v) is 3.70. The maximum Gasteiger partial charge on any atom is 0.142 e. The first-order valence-electron chi connectivity index (χ1n) is 6.62. The summed E-state index contributed by atoms with van der Waals surface area (Å²) < 4.78 is 1.01. The Labute approximate surface area is 141 Å². The highest BCUT2D eigenvalue weighted by atomic mass is 79.9. The van der Waals surface area contributed by atoms with Gasteiger partial charge in [-0.05, 0) is 47.1 Å². The van der Waals surface area contributed by atoms with E-state index >= 15 is 0 Å². The van der Waals surface area contributed by atoms with Crippen LogP contribution in [-0.4, -0.2) is 4.98 Å². The van der Waals surface area contributed by atoms with Crippen LogP contribution in [-0.2, 0) is 0 Å². The van der Waals surface area contributed by atoms with Crippen molar-refractivity contribution in [2.24, 2.45) is 0 Å². The van der Waals surface area contributed by atoms with Crippen molar-refractivity contribution < 1.29 is 0 Å². The van der Waals surface area contributed by atoms with Gasteiger partial charge in [0.1, 0.15) is 17.5 Å². The van der Waals surface area contributed by atoms with E-state index in [2.05, 4.69) is 33.0 Å². The molecule has 2 N–H and O–H groups in total. The highest BCUT2D eigenvalue weighted by Crippen LogP contribution is 2.36. The van der Waals surface area contributed by atoms with Gasteiger partial charge in [0.25, 0.3) is 0 Å². The third-order valence-electron chi connectivity index (χ3n) is 3.31. The molecule has 1 aromatic carbocycles. The number of hydrogen-bond donors (Lipinski definition) is 1. The lowest BCUT2D eigenvalue weighted by Crippen LogP contribution is -1.99. The van der Waals surface area contributed by atoms with Gasteiger partial charge < -0.3 is 5.73 Å². The van der Waals surface area contributed by atoms with Gasteiger partial charge in [0.2, 0.25) is 0 Å². The number of nitrogens with zero attached hydrogens (tertiary/aromatic N) is 2. The van der Waals surface area contributed by atoms with Crippen LogP contribution in [0.5, 0.6) is 0 Å². The Morgan fingerprint density at radius 1 is 1.23 bits per heavy atom. The fraction of sp³-hybridized carbons (Fsp3) is 0.0588. The number of benzene rings is 1. The molecule has 0 amide bonds. The van der Waals surface area contributed by atoms with Crippen molar-refractivity contribution in [3.8, 4) is 27.8 Å². The highest BCUT2D eigenvalue weighted by Gasteiger charge is 2.14. The molecule has 5 heteroatoms. The van der Waals surface area contributed by atoms with E-state index in [0.717, 1.165) is 31.0 Å². The molecule has 2 heterocycles. The van der Waals surface area contributed by atoms with E-state index in [0.29, 0.717) is 5.56 Å². The third kappa shape index (κ3) is 2.76. The van der Waals surface area contributed by atoms with Crippen LogP contribution in [0.4, 0.5) is 5.82 Å². The summed E-state index contributed by atoms with van der Waals surface area (Å²) in [6.45, 7) is 2.04. The van der Waals surface area contributed by atoms with Crippen LogP contribution in [0.3, 0.4) is 0 Å². The Kier molecular flexibility index (Phi) is 3.97. The highest BCUT2D eigenvalue weighted by molar-refractivity contribution is 9.11. The number of anilines is 1. The number of rotatable bonds is 2. The lowest BCUT2D eigenvalue weighted by atomic mass is 10.0. The molecule has 0 unspecified atom stereocenters. The molecule has 0 bridgehead atoms. The Morgan fingerprint density at radius 3 is 2.68 bits per heavy atom. The molecule has 0 atom stereocenters. The first kappa shape index (κ1) is 14.8. The van der Waals surface area contributed by atoms with Crippen LogP contribution in [0, 0.1) is 18.3 Å². The molecule has 22 heavy (non-hydrogen) atoms. The van der Waals surface area contributed by atoms with Gasteiger partial charge in [0.05, 0.1) is 9.48 Å². The molecule has 3 aromatic rings. The summed E-state index contributed by atoms with van der Waals surface area (Å²) in [5, 5.41) is 9.40. The standard InChI is InChI=1S/C17H12BrN3S/c1-10-3-2-4-11(7-10)14-8-12(13(9-19)17(20)21-14)15-5-6-16(18)22-15/h2-8H,1H3,(H2,20,21). The van der Waals surface area contributed by atoms with Crippen LogP contribution in [0.15, 0.2) is 46.3 Å². The van der Waals surface area contributed by atoms with E-state index < -0.39 is 0 Å². The zero-order valence-electron chi connectivity index (χ0n) is 11.8. The van der Waals surface area contributed by atoms with Crippen LogP contribution >= 0.6 is 27.3 Å². The number of aromatic nitrogens is 1. The molecule has 0 aliphatic heterocycles. The summed E-state index contributed by atoms with van der Waals surface area (Å²) in [6, 6.07) is 16.1. The smallest absolute Gasteiger partial charge is 0.142 e. The van der Waals surface area contributed by atoms with Gasteiger partial charge in [-0.3, -0.25) is 0 Å². The normalized spacial score (nSPS) is 10.4. The van der Waals surface area contributed by atoms with E-state index in [1.165, 1.54) is 0 Å². The minimum Gasteiger partial charge on any atom is -0.383 e. The second kappa shape index (κ2) is 5.91. The Hall–Kier alpha value is -2.16. The molecule has 0 spiro atoms. The van der Waals surface area contributed by atoms with Crippen molar-refractivity contribution in [1.29, 1.82) is 5.26 Å². The number of halogens is 1. The lowest BCUT2D eigenvalue weighted by Gasteiger charge is -2.09. The van der Waals surface area contributed by atoms with Crippen molar-refractivity contribution in [2.45, 2.75) is 6.92 Å². The Bertz CT molecular complexity index is 893. The first-order valence-corrected chi connectivity index (χ1v) is 8.23. The van der Waals surface area contributed by atoms with Gasteiger partial charge in [-0.25, -0.2) is 4.98 Å². The minimum atomic E-state index is 0.265. The molecule has 2 aromatic heterocycles. The second-order valence-corrected chi connectivity index (χ2v) is 7.36. The predicted octanol–water partition coefficient (Wildman–Crippen LogP) is 5.00. The van der Waals surface area contributed by atoms with Crippen molar-refractivity contribution in [1.82, 2.24) is 4.98 Å². The molecule has 0 saturated carbocycles. The van der Waals surface area contributed by atoms with Crippen LogP contribution in [0.1, 0.15) is 11.1 Å². The second-order valence-electron chi connectivity index (χ2n) is 4.90. The van der Waals surface area contributed by atoms with E-state index in [9.17, 15) is 5.26 Å². The molecule has 108 valence electrons. The summed E-state index contributed by atoms with van der Waals surface area (Å²) in [5.41, 5.74) is 10.2. The van der Waals surface area contributed by atoms with Gasteiger partial charge in [-0.1, -0.05) is 23.8 Å². The monoisotopic (exact) mass is 369 g/mol. The lowest BCUT2D eigenvalue weighted by molar-refractivity contribution is 1.31. The van der Waals surface area contributed by atoms with Gasteiger partial charge in [-0.15, -0.1) is 11.3 Å². The average molecular weight is 370 g/mol. The Morgan fingerprint density at radius 2 is 2.05 bits per heavy atom. The molecule has 0 saturated heterocycles. The fourth-order valence-electron chi connectivity index (χ4n) is 2.29. The molecule has 0 fully saturated rings. The Balaban J connectivity index is 2.23. The summed E-state index contributed by atoms with van der Waals surface area (Å²) in [5.74, 6) is 0.265. The summed E-state index contributed by atoms with van der Waals surface area (Å²) in [7, 11) is 0. The van der Waals surface area contributed by atoms with Crippen molar-refractivity contribution in [2.75, 3.05) is 5.73 Å². The topological polar surface area (TPSA) is 62.7 Å². The van der Waals surface area contributed by atoms with Gasteiger partial charge in [0.15, 0.2) is 0 Å². The van der Waals surface area contributed by atoms with Crippen molar-refractivity contribution in [3.05, 3.63) is 57.4 Å². The van der Waals surface area contributed by atoms with E-state index in [1.54, 1.807) is 11.3 Å². The zero-order chi connectivity index (χ0) is 15.7. The van der Waals surface area contributed by atoms with Crippen molar-refractivity contribution >= 4 is 33.1 Å². The van der Waals surface area contributed by atoms with Gasteiger partial charge in [0, 0.05) is 16.0 Å². The van der Waals surface area contributed by atoms with Gasteiger partial charge >= 0.3 is 0 Å². The quantitative estimate of drug-likeness (QED) is 0.690. The molecule has 3 rings (SSSR count).